The second kappa shape index (κ2) is 4.75. The summed E-state index contributed by atoms with van der Waals surface area (Å²) in [4.78, 5) is 0. The van der Waals surface area contributed by atoms with E-state index in [1.54, 1.807) is 23.0 Å². The molecular formula is C11H11BrFN3O. The molecule has 0 spiro atoms. The monoisotopic (exact) mass is 299 g/mol. The molecule has 0 aliphatic carbocycles. The number of nitrogens with two attached hydrogens (primary N) is 1. The second-order valence-electron chi connectivity index (χ2n) is 3.50. The lowest BCUT2D eigenvalue weighted by Gasteiger charge is -2.06. The van der Waals surface area contributed by atoms with Crippen molar-refractivity contribution in [3.05, 3.63) is 40.2 Å². The minimum absolute atomic E-state index is 0.225. The smallest absolute Gasteiger partial charge is 0.165 e. The van der Waals surface area contributed by atoms with Crippen molar-refractivity contribution in [2.45, 2.75) is 6.54 Å². The number of nitrogens with zero attached hydrogens (tertiary/aromatic N) is 2. The van der Waals surface area contributed by atoms with Crippen molar-refractivity contribution in [3.8, 4) is 5.75 Å². The zero-order chi connectivity index (χ0) is 12.4. The van der Waals surface area contributed by atoms with Gasteiger partial charge in [0.15, 0.2) is 11.6 Å². The summed E-state index contributed by atoms with van der Waals surface area (Å²) >= 11 is 3.26. The number of halogens is 2. The number of benzene rings is 1. The van der Waals surface area contributed by atoms with E-state index in [0.29, 0.717) is 12.4 Å². The number of rotatable bonds is 3. The van der Waals surface area contributed by atoms with Gasteiger partial charge in [-0.2, -0.15) is 5.10 Å². The third kappa shape index (κ3) is 2.41. The van der Waals surface area contributed by atoms with Crippen LogP contribution in [0.3, 0.4) is 0 Å². The Kier molecular flexibility index (Phi) is 3.33. The fourth-order valence-corrected chi connectivity index (χ4v) is 1.78. The molecule has 0 bridgehead atoms. The molecule has 1 aromatic carbocycles. The van der Waals surface area contributed by atoms with E-state index in [4.69, 9.17) is 10.5 Å². The molecule has 2 aromatic rings. The first-order valence-corrected chi connectivity index (χ1v) is 5.70. The lowest BCUT2D eigenvalue weighted by molar-refractivity contribution is 0.386. The van der Waals surface area contributed by atoms with Gasteiger partial charge in [0.25, 0.3) is 0 Å². The molecule has 0 saturated heterocycles. The highest BCUT2D eigenvalue weighted by Gasteiger charge is 2.07. The summed E-state index contributed by atoms with van der Waals surface area (Å²) in [5.41, 5.74) is 6.55. The molecule has 0 aliphatic rings. The van der Waals surface area contributed by atoms with Crippen LogP contribution < -0.4 is 10.5 Å². The Hall–Kier alpha value is -1.56. The van der Waals surface area contributed by atoms with Gasteiger partial charge in [0, 0.05) is 0 Å². The molecule has 0 saturated carbocycles. The van der Waals surface area contributed by atoms with Gasteiger partial charge in [0.05, 0.1) is 24.3 Å². The van der Waals surface area contributed by atoms with Gasteiger partial charge < -0.3 is 10.5 Å². The number of hydrogen-bond acceptors (Lipinski definition) is 3. The van der Waals surface area contributed by atoms with Crippen LogP contribution in [0, 0.1) is 5.82 Å². The summed E-state index contributed by atoms with van der Waals surface area (Å²) in [5.74, 6) is 0.347. The van der Waals surface area contributed by atoms with Crippen LogP contribution in [-0.4, -0.2) is 16.9 Å². The van der Waals surface area contributed by atoms with Crippen molar-refractivity contribution in [2.75, 3.05) is 12.8 Å². The average molecular weight is 300 g/mol. The molecule has 6 heteroatoms. The molecular weight excluding hydrogens is 289 g/mol. The predicted molar refractivity (Wildman–Crippen MR) is 66.4 cm³/mol. The maximum Gasteiger partial charge on any atom is 0.165 e. The molecule has 17 heavy (non-hydrogen) atoms. The first-order chi connectivity index (χ1) is 8.11. The fourth-order valence-electron chi connectivity index (χ4n) is 1.48. The molecule has 0 fully saturated rings. The maximum absolute atomic E-state index is 13.5. The first kappa shape index (κ1) is 11.9. The topological polar surface area (TPSA) is 53.1 Å². The lowest BCUT2D eigenvalue weighted by Crippen LogP contribution is -2.06. The summed E-state index contributed by atoms with van der Waals surface area (Å²) in [6, 6.07) is 4.77. The minimum atomic E-state index is -0.394. The Morgan fingerprint density at radius 3 is 2.82 bits per heavy atom. The van der Waals surface area contributed by atoms with Crippen LogP contribution in [-0.2, 0) is 6.54 Å². The van der Waals surface area contributed by atoms with Crippen LogP contribution in [0.4, 0.5) is 10.2 Å². The van der Waals surface area contributed by atoms with Gasteiger partial charge >= 0.3 is 0 Å². The molecule has 0 amide bonds. The SMILES string of the molecule is COc1ccc(Cn2ncc(Br)c2N)cc1F. The average Bonchev–Trinajstić information content (AvgIpc) is 2.61. The van der Waals surface area contributed by atoms with E-state index in [2.05, 4.69) is 21.0 Å². The normalized spacial score (nSPS) is 10.5. The van der Waals surface area contributed by atoms with Crippen molar-refractivity contribution in [1.29, 1.82) is 0 Å². The van der Waals surface area contributed by atoms with E-state index in [0.717, 1.165) is 10.0 Å². The summed E-state index contributed by atoms with van der Waals surface area (Å²) < 4.78 is 20.6. The van der Waals surface area contributed by atoms with E-state index in [-0.39, 0.29) is 5.75 Å². The first-order valence-electron chi connectivity index (χ1n) is 4.91. The molecule has 1 heterocycles. The van der Waals surface area contributed by atoms with Crippen LogP contribution in [0.2, 0.25) is 0 Å². The van der Waals surface area contributed by atoms with Crippen molar-refractivity contribution in [2.24, 2.45) is 0 Å². The van der Waals surface area contributed by atoms with Gasteiger partial charge in [-0.05, 0) is 33.6 Å². The number of nitrogen functional groups attached to an aromatic ring is 1. The Bertz CT molecular complexity index is 542. The van der Waals surface area contributed by atoms with Crippen LogP contribution in [0.15, 0.2) is 28.9 Å². The number of hydrogen-bond donors (Lipinski definition) is 1. The zero-order valence-corrected chi connectivity index (χ0v) is 10.7. The third-order valence-electron chi connectivity index (χ3n) is 2.38. The van der Waals surface area contributed by atoms with Gasteiger partial charge in [0.2, 0.25) is 0 Å². The van der Waals surface area contributed by atoms with Crippen molar-refractivity contribution in [3.63, 3.8) is 0 Å². The highest BCUT2D eigenvalue weighted by Crippen LogP contribution is 2.21. The zero-order valence-electron chi connectivity index (χ0n) is 9.15. The maximum atomic E-state index is 13.5. The van der Waals surface area contributed by atoms with Crippen LogP contribution >= 0.6 is 15.9 Å². The Morgan fingerprint density at radius 2 is 2.29 bits per heavy atom. The quantitative estimate of drug-likeness (QED) is 0.947. The largest absolute Gasteiger partial charge is 0.494 e. The van der Waals surface area contributed by atoms with Crippen LogP contribution in [0.1, 0.15) is 5.56 Å². The molecule has 0 atom stereocenters. The number of aromatic nitrogens is 2. The molecule has 0 radical (unpaired) electrons. The Balaban J connectivity index is 2.25. The van der Waals surface area contributed by atoms with E-state index in [9.17, 15) is 4.39 Å². The van der Waals surface area contributed by atoms with Gasteiger partial charge in [-0.1, -0.05) is 6.07 Å². The number of anilines is 1. The molecule has 1 aromatic heterocycles. The van der Waals surface area contributed by atoms with Gasteiger partial charge in [0.1, 0.15) is 5.82 Å². The van der Waals surface area contributed by atoms with Crippen molar-refractivity contribution in [1.82, 2.24) is 9.78 Å². The fraction of sp³-hybridized carbons (Fsp3) is 0.182. The van der Waals surface area contributed by atoms with E-state index >= 15 is 0 Å². The molecule has 90 valence electrons. The standard InChI is InChI=1S/C11H11BrFN3O/c1-17-10-3-2-7(4-9(10)13)6-16-11(14)8(12)5-15-16/h2-5H,6,14H2,1H3. The Labute approximate surface area is 106 Å². The summed E-state index contributed by atoms with van der Waals surface area (Å²) in [5, 5.41) is 4.07. The highest BCUT2D eigenvalue weighted by molar-refractivity contribution is 9.10. The molecule has 0 unspecified atom stereocenters. The third-order valence-corrected chi connectivity index (χ3v) is 2.99. The summed E-state index contributed by atoms with van der Waals surface area (Å²) in [6.45, 7) is 0.415. The summed E-state index contributed by atoms with van der Waals surface area (Å²) in [7, 11) is 1.43. The van der Waals surface area contributed by atoms with E-state index < -0.39 is 5.82 Å². The molecule has 0 aliphatic heterocycles. The van der Waals surface area contributed by atoms with Crippen molar-refractivity contribution >= 4 is 21.7 Å². The van der Waals surface area contributed by atoms with Crippen molar-refractivity contribution < 1.29 is 9.13 Å². The van der Waals surface area contributed by atoms with Gasteiger partial charge in [-0.3, -0.25) is 0 Å². The summed E-state index contributed by atoms with van der Waals surface area (Å²) in [6.07, 6.45) is 1.61. The van der Waals surface area contributed by atoms with Crippen LogP contribution in [0.25, 0.3) is 0 Å². The van der Waals surface area contributed by atoms with Gasteiger partial charge in [-0.25, -0.2) is 9.07 Å². The van der Waals surface area contributed by atoms with Crippen LogP contribution in [0.5, 0.6) is 5.75 Å². The predicted octanol–water partition coefficient (Wildman–Crippen LogP) is 2.42. The Morgan fingerprint density at radius 1 is 1.53 bits per heavy atom. The molecule has 2 N–H and O–H groups in total. The molecule has 4 nitrogen and oxygen atoms in total. The highest BCUT2D eigenvalue weighted by atomic mass is 79.9. The van der Waals surface area contributed by atoms with Gasteiger partial charge in [-0.15, -0.1) is 0 Å². The lowest BCUT2D eigenvalue weighted by atomic mass is 10.2. The number of methoxy groups -OCH3 is 1. The minimum Gasteiger partial charge on any atom is -0.494 e. The molecule has 2 rings (SSSR count). The number of ether oxygens (including phenoxy) is 1. The van der Waals surface area contributed by atoms with E-state index in [1.807, 2.05) is 0 Å². The van der Waals surface area contributed by atoms with E-state index in [1.165, 1.54) is 13.2 Å². The second-order valence-corrected chi connectivity index (χ2v) is 4.36.